The lowest BCUT2D eigenvalue weighted by atomic mass is 9.97. The Morgan fingerprint density at radius 1 is 0.538 bits per heavy atom. The number of allylic oxidation sites excluding steroid dienone is 1. The summed E-state index contributed by atoms with van der Waals surface area (Å²) in [4.78, 5) is 23.0. The van der Waals surface area contributed by atoms with Crippen LogP contribution in [0.25, 0.3) is 0 Å². The van der Waals surface area contributed by atoms with E-state index in [-0.39, 0.29) is 13.0 Å². The van der Waals surface area contributed by atoms with Gasteiger partial charge in [-0.15, -0.1) is 6.58 Å². The van der Waals surface area contributed by atoms with E-state index in [1.807, 2.05) is 6.08 Å². The second-order valence-electron chi connectivity index (χ2n) is 11.6. The van der Waals surface area contributed by atoms with Gasteiger partial charge < -0.3 is 9.84 Å². The molecule has 0 amide bonds. The summed E-state index contributed by atoms with van der Waals surface area (Å²) in [6.45, 7) is 7.42. The van der Waals surface area contributed by atoms with E-state index in [2.05, 4.69) is 13.2 Å². The standard InChI is InChI=1S/C35H64O4/c1-3-5-6-7-8-9-10-11-12-13-14-15-16-17-18-19-20-21-22-23-24-25-26-27-28-29-30-33(35(37)38)32-34(36)39-31-4-2/h3-4,33H,1-2,5-32H2,(H,37,38). The van der Waals surface area contributed by atoms with Gasteiger partial charge in [0.2, 0.25) is 0 Å². The normalized spacial score (nSPS) is 11.8. The first kappa shape index (κ1) is 37.4. The molecule has 0 aliphatic carbocycles. The number of hydrogen-bond donors (Lipinski definition) is 1. The van der Waals surface area contributed by atoms with E-state index in [1.54, 1.807) is 0 Å². The van der Waals surface area contributed by atoms with Crippen molar-refractivity contribution < 1.29 is 19.4 Å². The lowest BCUT2D eigenvalue weighted by molar-refractivity contribution is -0.151. The van der Waals surface area contributed by atoms with Gasteiger partial charge in [0.05, 0.1) is 12.3 Å². The molecule has 4 nitrogen and oxygen atoms in total. The molecule has 0 saturated carbocycles. The van der Waals surface area contributed by atoms with E-state index in [9.17, 15) is 14.7 Å². The van der Waals surface area contributed by atoms with Gasteiger partial charge in [-0.2, -0.15) is 0 Å². The molecule has 0 saturated heterocycles. The zero-order chi connectivity index (χ0) is 28.7. The molecule has 1 atom stereocenters. The maximum Gasteiger partial charge on any atom is 0.307 e. The molecule has 1 unspecified atom stereocenters. The Morgan fingerprint density at radius 2 is 0.872 bits per heavy atom. The molecule has 4 heteroatoms. The molecule has 0 aliphatic rings. The molecule has 228 valence electrons. The van der Waals surface area contributed by atoms with E-state index >= 15 is 0 Å². The summed E-state index contributed by atoms with van der Waals surface area (Å²) in [5.41, 5.74) is 0. The topological polar surface area (TPSA) is 63.6 Å². The van der Waals surface area contributed by atoms with Crippen molar-refractivity contribution in [2.45, 2.75) is 173 Å². The number of unbranched alkanes of at least 4 members (excludes halogenated alkanes) is 24. The lowest BCUT2D eigenvalue weighted by Crippen LogP contribution is -2.19. The number of esters is 1. The molecule has 0 heterocycles. The van der Waals surface area contributed by atoms with Crippen molar-refractivity contribution in [3.05, 3.63) is 25.3 Å². The third-order valence-electron chi connectivity index (χ3n) is 7.84. The summed E-state index contributed by atoms with van der Waals surface area (Å²) < 4.78 is 4.91. The fraction of sp³-hybridized carbons (Fsp3) is 0.829. The average molecular weight is 549 g/mol. The smallest absolute Gasteiger partial charge is 0.307 e. The van der Waals surface area contributed by atoms with Gasteiger partial charge in [0, 0.05) is 0 Å². The third-order valence-corrected chi connectivity index (χ3v) is 7.84. The van der Waals surface area contributed by atoms with Gasteiger partial charge >= 0.3 is 11.9 Å². The molecule has 0 aliphatic heterocycles. The van der Waals surface area contributed by atoms with E-state index in [4.69, 9.17) is 4.74 Å². The number of carbonyl (C=O) groups is 2. The van der Waals surface area contributed by atoms with Crippen LogP contribution in [0, 0.1) is 5.92 Å². The molecule has 39 heavy (non-hydrogen) atoms. The van der Waals surface area contributed by atoms with Gasteiger partial charge in [-0.05, 0) is 19.3 Å². The molecule has 0 aromatic rings. The lowest BCUT2D eigenvalue weighted by Gasteiger charge is -2.11. The summed E-state index contributed by atoms with van der Waals surface area (Å²) >= 11 is 0. The van der Waals surface area contributed by atoms with Gasteiger partial charge in [-0.3, -0.25) is 9.59 Å². The molecular formula is C35H64O4. The van der Waals surface area contributed by atoms with Gasteiger partial charge in [-0.1, -0.05) is 166 Å². The Bertz CT molecular complexity index is 571. The van der Waals surface area contributed by atoms with Crippen molar-refractivity contribution in [2.24, 2.45) is 5.92 Å². The summed E-state index contributed by atoms with van der Waals surface area (Å²) in [6, 6.07) is 0. The first-order chi connectivity index (χ1) is 19.1. The van der Waals surface area contributed by atoms with E-state index in [0.717, 1.165) is 19.3 Å². The second kappa shape index (κ2) is 31.0. The van der Waals surface area contributed by atoms with Crippen LogP contribution in [0.1, 0.15) is 173 Å². The molecule has 0 rings (SSSR count). The zero-order valence-corrected chi connectivity index (χ0v) is 25.6. The van der Waals surface area contributed by atoms with Crippen LogP contribution in [0.5, 0.6) is 0 Å². The highest BCUT2D eigenvalue weighted by atomic mass is 16.5. The number of aliphatic carboxylic acids is 1. The maximum absolute atomic E-state index is 11.6. The van der Waals surface area contributed by atoms with Gasteiger partial charge in [-0.25, -0.2) is 0 Å². The first-order valence-corrected chi connectivity index (χ1v) is 16.7. The number of hydrogen-bond acceptors (Lipinski definition) is 3. The van der Waals surface area contributed by atoms with E-state index in [0.29, 0.717) is 6.42 Å². The van der Waals surface area contributed by atoms with E-state index < -0.39 is 17.9 Å². The summed E-state index contributed by atoms with van der Waals surface area (Å²) in [7, 11) is 0. The Kier molecular flexibility index (Phi) is 29.7. The van der Waals surface area contributed by atoms with Gasteiger partial charge in [0.25, 0.3) is 0 Å². The number of ether oxygens (including phenoxy) is 1. The van der Waals surface area contributed by atoms with Crippen LogP contribution in [0.15, 0.2) is 25.3 Å². The number of rotatable bonds is 32. The number of carboxylic acids is 1. The van der Waals surface area contributed by atoms with Gasteiger partial charge in [0.1, 0.15) is 6.61 Å². The Labute approximate surface area is 242 Å². The minimum Gasteiger partial charge on any atom is -0.481 e. The quantitative estimate of drug-likeness (QED) is 0.0516. The van der Waals surface area contributed by atoms with Crippen LogP contribution in [-0.4, -0.2) is 23.7 Å². The molecule has 1 N–H and O–H groups in total. The zero-order valence-electron chi connectivity index (χ0n) is 25.6. The number of carboxylic acid groups (broad SMARTS) is 1. The SMILES string of the molecule is C=CCCCCCCCCCCCCCCCCCCCCCCCCCCC(CC(=O)OCC=C)C(=O)O. The highest BCUT2D eigenvalue weighted by molar-refractivity contribution is 5.78. The highest BCUT2D eigenvalue weighted by Gasteiger charge is 2.21. The minimum atomic E-state index is -0.900. The monoisotopic (exact) mass is 548 g/mol. The third kappa shape index (κ3) is 29.2. The van der Waals surface area contributed by atoms with Crippen molar-refractivity contribution in [1.29, 1.82) is 0 Å². The predicted octanol–water partition coefficient (Wildman–Crippen LogP) is 11.1. The fourth-order valence-electron chi connectivity index (χ4n) is 5.29. The predicted molar refractivity (Wildman–Crippen MR) is 167 cm³/mol. The Morgan fingerprint density at radius 3 is 1.18 bits per heavy atom. The maximum atomic E-state index is 11.6. The average Bonchev–Trinajstić information content (AvgIpc) is 2.93. The second-order valence-corrected chi connectivity index (χ2v) is 11.6. The van der Waals surface area contributed by atoms with Crippen LogP contribution in [-0.2, 0) is 14.3 Å². The van der Waals surface area contributed by atoms with Gasteiger partial charge in [0.15, 0.2) is 0 Å². The minimum absolute atomic E-state index is 0.0408. The Balaban J connectivity index is 3.27. The first-order valence-electron chi connectivity index (χ1n) is 16.7. The van der Waals surface area contributed by atoms with Crippen molar-refractivity contribution >= 4 is 11.9 Å². The van der Waals surface area contributed by atoms with Crippen LogP contribution < -0.4 is 0 Å². The summed E-state index contributed by atoms with van der Waals surface area (Å²) in [6.07, 6.45) is 37.5. The summed E-state index contributed by atoms with van der Waals surface area (Å²) in [5.74, 6) is -1.98. The van der Waals surface area contributed by atoms with Crippen molar-refractivity contribution in [2.75, 3.05) is 6.61 Å². The van der Waals surface area contributed by atoms with Crippen molar-refractivity contribution in [3.63, 3.8) is 0 Å². The molecular weight excluding hydrogens is 484 g/mol. The van der Waals surface area contributed by atoms with Crippen LogP contribution in [0.4, 0.5) is 0 Å². The Hall–Kier alpha value is -1.58. The van der Waals surface area contributed by atoms with Crippen molar-refractivity contribution in [1.82, 2.24) is 0 Å². The summed E-state index contributed by atoms with van der Waals surface area (Å²) in [5, 5.41) is 9.31. The van der Waals surface area contributed by atoms with E-state index in [1.165, 1.54) is 147 Å². The largest absolute Gasteiger partial charge is 0.481 e. The molecule has 0 spiro atoms. The van der Waals surface area contributed by atoms with Crippen LogP contribution in [0.3, 0.4) is 0 Å². The van der Waals surface area contributed by atoms with Crippen molar-refractivity contribution in [3.8, 4) is 0 Å². The molecule has 0 radical (unpaired) electrons. The van der Waals surface area contributed by atoms with Crippen LogP contribution in [0.2, 0.25) is 0 Å². The van der Waals surface area contributed by atoms with Crippen LogP contribution >= 0.6 is 0 Å². The molecule has 0 fully saturated rings. The fourth-order valence-corrected chi connectivity index (χ4v) is 5.29. The molecule has 0 aromatic heterocycles. The molecule has 0 aromatic carbocycles. The highest BCUT2D eigenvalue weighted by Crippen LogP contribution is 2.18. The number of carbonyl (C=O) groups excluding carboxylic acids is 1. The molecule has 0 bridgehead atoms.